The topological polar surface area (TPSA) is 66.9 Å². The number of hydrogen-bond donors (Lipinski definition) is 0. The molecule has 1 saturated heterocycles. The minimum Gasteiger partial charge on any atom is -0.465 e. The van der Waals surface area contributed by atoms with Gasteiger partial charge in [-0.1, -0.05) is 25.0 Å². The van der Waals surface area contributed by atoms with Gasteiger partial charge >= 0.3 is 5.97 Å². The predicted molar refractivity (Wildman–Crippen MR) is 91.4 cm³/mol. The number of amides is 2. The molecule has 134 valence electrons. The summed E-state index contributed by atoms with van der Waals surface area (Å²) in [5, 5.41) is 0. The third-order valence-electron chi connectivity index (χ3n) is 5.14. The zero-order valence-electron chi connectivity index (χ0n) is 14.7. The summed E-state index contributed by atoms with van der Waals surface area (Å²) in [5.74, 6) is -0.594. The van der Waals surface area contributed by atoms with E-state index in [1.54, 1.807) is 12.1 Å². The number of fused-ring (bicyclic) bond motifs is 1. The summed E-state index contributed by atoms with van der Waals surface area (Å²) in [6, 6.07) is 7.15. The van der Waals surface area contributed by atoms with Crippen molar-refractivity contribution in [2.45, 2.75) is 32.2 Å². The Morgan fingerprint density at radius 1 is 1.12 bits per heavy atom. The monoisotopic (exact) mass is 344 g/mol. The van der Waals surface area contributed by atoms with Crippen LogP contribution in [-0.2, 0) is 20.9 Å². The Kier molecular flexibility index (Phi) is 5.18. The number of likely N-dealkylation sites (tertiary alicyclic amines) is 1. The summed E-state index contributed by atoms with van der Waals surface area (Å²) in [6.07, 6.45) is 3.75. The van der Waals surface area contributed by atoms with Crippen LogP contribution in [0.1, 0.15) is 41.6 Å². The van der Waals surface area contributed by atoms with Crippen molar-refractivity contribution < 1.29 is 19.1 Å². The van der Waals surface area contributed by atoms with E-state index in [2.05, 4.69) is 4.74 Å². The van der Waals surface area contributed by atoms with Crippen molar-refractivity contribution in [3.05, 3.63) is 35.4 Å². The molecule has 3 rings (SSSR count). The van der Waals surface area contributed by atoms with Gasteiger partial charge in [-0.25, -0.2) is 4.79 Å². The number of nitrogens with zero attached hydrogens (tertiary/aromatic N) is 2. The third-order valence-corrected chi connectivity index (χ3v) is 5.14. The Hall–Kier alpha value is -2.21. The molecule has 1 saturated carbocycles. The van der Waals surface area contributed by atoms with Gasteiger partial charge in [0.05, 0.1) is 31.2 Å². The fourth-order valence-electron chi connectivity index (χ4n) is 3.84. The smallest absolute Gasteiger partial charge is 0.337 e. The van der Waals surface area contributed by atoms with Crippen LogP contribution >= 0.6 is 0 Å². The van der Waals surface area contributed by atoms with Crippen molar-refractivity contribution in [3.63, 3.8) is 0 Å². The number of benzene rings is 1. The van der Waals surface area contributed by atoms with E-state index in [4.69, 9.17) is 0 Å². The molecule has 6 nitrogen and oxygen atoms in total. The molecule has 25 heavy (non-hydrogen) atoms. The van der Waals surface area contributed by atoms with Gasteiger partial charge in [0.15, 0.2) is 0 Å². The zero-order valence-corrected chi connectivity index (χ0v) is 14.7. The standard InChI is InChI=1S/C19H24N2O4/c1-20(11-13-7-9-14(10-8-13)19(24)25-2)12-21-17(22)15-5-3-4-6-16(15)18(21)23/h7-10,15-16H,3-6,11-12H2,1-2H3/t15-,16+. The summed E-state index contributed by atoms with van der Waals surface area (Å²) < 4.78 is 4.68. The molecular weight excluding hydrogens is 320 g/mol. The number of hydrogen-bond acceptors (Lipinski definition) is 5. The van der Waals surface area contributed by atoms with E-state index >= 15 is 0 Å². The number of rotatable bonds is 5. The summed E-state index contributed by atoms with van der Waals surface area (Å²) in [6.45, 7) is 0.900. The quantitative estimate of drug-likeness (QED) is 0.604. The van der Waals surface area contributed by atoms with E-state index in [1.165, 1.54) is 12.0 Å². The van der Waals surface area contributed by atoms with Gasteiger partial charge in [0.2, 0.25) is 11.8 Å². The maximum absolute atomic E-state index is 12.5. The van der Waals surface area contributed by atoms with Crippen LogP contribution in [0.25, 0.3) is 0 Å². The molecule has 1 aromatic rings. The van der Waals surface area contributed by atoms with Gasteiger partial charge in [0.25, 0.3) is 0 Å². The van der Waals surface area contributed by atoms with Crippen LogP contribution in [0.3, 0.4) is 0 Å². The third kappa shape index (κ3) is 3.58. The average Bonchev–Trinajstić information content (AvgIpc) is 2.87. The molecule has 1 aromatic carbocycles. The average molecular weight is 344 g/mol. The molecular formula is C19H24N2O4. The van der Waals surface area contributed by atoms with E-state index in [0.717, 1.165) is 31.2 Å². The first-order valence-corrected chi connectivity index (χ1v) is 8.72. The molecule has 2 aliphatic rings. The van der Waals surface area contributed by atoms with Crippen LogP contribution in [0.15, 0.2) is 24.3 Å². The van der Waals surface area contributed by atoms with Crippen LogP contribution in [0, 0.1) is 11.8 Å². The van der Waals surface area contributed by atoms with Gasteiger partial charge in [-0.2, -0.15) is 0 Å². The van der Waals surface area contributed by atoms with E-state index in [-0.39, 0.29) is 29.6 Å². The van der Waals surface area contributed by atoms with Crippen molar-refractivity contribution in [1.82, 2.24) is 9.80 Å². The molecule has 0 aromatic heterocycles. The highest BCUT2D eigenvalue weighted by Gasteiger charge is 2.48. The molecule has 0 spiro atoms. The van der Waals surface area contributed by atoms with Crippen molar-refractivity contribution in [1.29, 1.82) is 0 Å². The molecule has 1 heterocycles. The Bertz CT molecular complexity index is 647. The summed E-state index contributed by atoms with van der Waals surface area (Å²) in [7, 11) is 3.24. The van der Waals surface area contributed by atoms with E-state index in [9.17, 15) is 14.4 Å². The highest BCUT2D eigenvalue weighted by Crippen LogP contribution is 2.37. The number of esters is 1. The predicted octanol–water partition coefficient (Wildman–Crippen LogP) is 2.04. The first-order valence-electron chi connectivity index (χ1n) is 8.72. The number of imide groups is 1. The van der Waals surface area contributed by atoms with Gasteiger partial charge in [0, 0.05) is 6.54 Å². The van der Waals surface area contributed by atoms with E-state index in [1.807, 2.05) is 24.1 Å². The lowest BCUT2D eigenvalue weighted by Gasteiger charge is -2.23. The van der Waals surface area contributed by atoms with Gasteiger partial charge in [-0.15, -0.1) is 0 Å². The minimum absolute atomic E-state index is 0.0115. The second kappa shape index (κ2) is 7.35. The fourth-order valence-corrected chi connectivity index (χ4v) is 3.84. The maximum atomic E-state index is 12.5. The fraction of sp³-hybridized carbons (Fsp3) is 0.526. The number of carbonyl (C=O) groups excluding carboxylic acids is 3. The highest BCUT2D eigenvalue weighted by atomic mass is 16.5. The SMILES string of the molecule is COC(=O)c1ccc(CN(C)CN2C(=O)[C@H]3CCCC[C@H]3C2=O)cc1. The van der Waals surface area contributed by atoms with Gasteiger partial charge in [-0.05, 0) is 37.6 Å². The Morgan fingerprint density at radius 2 is 1.68 bits per heavy atom. The molecule has 6 heteroatoms. The molecule has 1 aliphatic carbocycles. The van der Waals surface area contributed by atoms with Gasteiger partial charge in [0.1, 0.15) is 0 Å². The summed E-state index contributed by atoms with van der Waals surface area (Å²) in [5.41, 5.74) is 1.51. The van der Waals surface area contributed by atoms with Crippen LogP contribution in [0.4, 0.5) is 0 Å². The van der Waals surface area contributed by atoms with E-state index in [0.29, 0.717) is 18.8 Å². The first-order chi connectivity index (χ1) is 12.0. The van der Waals surface area contributed by atoms with Crippen LogP contribution < -0.4 is 0 Å². The largest absolute Gasteiger partial charge is 0.465 e. The number of ether oxygens (including phenoxy) is 1. The van der Waals surface area contributed by atoms with Crippen molar-refractivity contribution >= 4 is 17.8 Å². The zero-order chi connectivity index (χ0) is 18.0. The molecule has 0 N–H and O–H groups in total. The lowest BCUT2D eigenvalue weighted by molar-refractivity contribution is -0.142. The Morgan fingerprint density at radius 3 is 2.20 bits per heavy atom. The molecule has 2 amide bonds. The lowest BCUT2D eigenvalue weighted by atomic mass is 9.81. The van der Waals surface area contributed by atoms with Gasteiger partial charge < -0.3 is 4.74 Å². The molecule has 0 radical (unpaired) electrons. The van der Waals surface area contributed by atoms with Gasteiger partial charge in [-0.3, -0.25) is 19.4 Å². The summed E-state index contributed by atoms with van der Waals surface area (Å²) >= 11 is 0. The van der Waals surface area contributed by atoms with Crippen molar-refractivity contribution in [2.75, 3.05) is 20.8 Å². The highest BCUT2D eigenvalue weighted by molar-refractivity contribution is 6.05. The number of methoxy groups -OCH3 is 1. The summed E-state index contributed by atoms with van der Waals surface area (Å²) in [4.78, 5) is 39.9. The van der Waals surface area contributed by atoms with E-state index < -0.39 is 0 Å². The molecule has 1 aliphatic heterocycles. The second-order valence-corrected chi connectivity index (χ2v) is 6.95. The number of carbonyl (C=O) groups is 3. The maximum Gasteiger partial charge on any atom is 0.337 e. The lowest BCUT2D eigenvalue weighted by Crippen LogP contribution is -2.40. The van der Waals surface area contributed by atoms with Crippen molar-refractivity contribution in [2.24, 2.45) is 11.8 Å². The molecule has 0 bridgehead atoms. The molecule has 0 unspecified atom stereocenters. The Balaban J connectivity index is 1.60. The second-order valence-electron chi connectivity index (χ2n) is 6.95. The Labute approximate surface area is 147 Å². The molecule has 2 fully saturated rings. The van der Waals surface area contributed by atoms with Crippen LogP contribution in [0.5, 0.6) is 0 Å². The normalized spacial score (nSPS) is 23.1. The molecule has 2 atom stereocenters. The van der Waals surface area contributed by atoms with Crippen LogP contribution in [-0.4, -0.2) is 48.4 Å². The van der Waals surface area contributed by atoms with Crippen molar-refractivity contribution in [3.8, 4) is 0 Å². The van der Waals surface area contributed by atoms with Crippen LogP contribution in [0.2, 0.25) is 0 Å². The minimum atomic E-state index is -0.365. The first kappa shape index (κ1) is 17.6.